The smallest absolute Gasteiger partial charge is 0.328 e. The molecule has 0 aliphatic heterocycles. The second-order valence-corrected chi connectivity index (χ2v) is 7.58. The van der Waals surface area contributed by atoms with Gasteiger partial charge >= 0.3 is 5.97 Å². The van der Waals surface area contributed by atoms with Gasteiger partial charge in [0.05, 0.1) is 10.5 Å². The van der Waals surface area contributed by atoms with Gasteiger partial charge in [0.2, 0.25) is 0 Å². The maximum absolute atomic E-state index is 13.7. The highest BCUT2D eigenvalue weighted by Crippen LogP contribution is 2.38. The van der Waals surface area contributed by atoms with Crippen LogP contribution in [0.15, 0.2) is 66.7 Å². The zero-order valence-corrected chi connectivity index (χ0v) is 17.9. The van der Waals surface area contributed by atoms with Gasteiger partial charge in [-0.25, -0.2) is 9.18 Å². The van der Waals surface area contributed by atoms with Crippen LogP contribution in [-0.2, 0) is 4.79 Å². The molecule has 32 heavy (non-hydrogen) atoms. The third-order valence-electron chi connectivity index (χ3n) is 5.14. The Morgan fingerprint density at radius 2 is 1.84 bits per heavy atom. The molecule has 1 aromatic heterocycles. The maximum atomic E-state index is 13.7. The number of carboxylic acids is 1. The normalized spacial score (nSPS) is 12.3. The van der Waals surface area contributed by atoms with E-state index in [1.807, 2.05) is 49.4 Å². The van der Waals surface area contributed by atoms with Crippen molar-refractivity contribution in [2.45, 2.75) is 13.3 Å². The third-order valence-corrected chi connectivity index (χ3v) is 5.46. The number of carbonyl (C=O) groups is 1. The fourth-order valence-corrected chi connectivity index (χ4v) is 3.96. The molecule has 0 spiro atoms. The average molecular weight is 448 g/mol. The van der Waals surface area contributed by atoms with E-state index in [4.69, 9.17) is 16.7 Å². The number of aromatic amines is 1. The van der Waals surface area contributed by atoms with Gasteiger partial charge in [-0.05, 0) is 70.2 Å². The van der Waals surface area contributed by atoms with Gasteiger partial charge in [-0.2, -0.15) is 0 Å². The molecule has 0 saturated carbocycles. The third kappa shape index (κ3) is 4.45. The topological polar surface area (TPSA) is 78.9 Å². The summed E-state index contributed by atoms with van der Waals surface area (Å²) < 4.78 is 13.7. The largest absolute Gasteiger partial charge is 0.478 e. The van der Waals surface area contributed by atoms with Crippen LogP contribution >= 0.6 is 11.6 Å². The van der Waals surface area contributed by atoms with E-state index in [9.17, 15) is 9.18 Å². The lowest BCUT2D eigenvalue weighted by molar-refractivity contribution is -0.131. The molecule has 0 aliphatic rings. The van der Waals surface area contributed by atoms with E-state index in [1.165, 1.54) is 18.2 Å². The van der Waals surface area contributed by atoms with E-state index in [1.54, 1.807) is 6.07 Å². The highest BCUT2D eigenvalue weighted by Gasteiger charge is 2.16. The maximum Gasteiger partial charge on any atom is 0.328 e. The molecule has 0 saturated heterocycles. The van der Waals surface area contributed by atoms with Crippen LogP contribution in [0.1, 0.15) is 35.6 Å². The highest BCUT2D eigenvalue weighted by molar-refractivity contribution is 6.32. The fourth-order valence-electron chi connectivity index (χ4n) is 3.68. The average Bonchev–Trinajstić information content (AvgIpc) is 3.25. The van der Waals surface area contributed by atoms with Gasteiger partial charge in [-0.15, -0.1) is 5.10 Å². The minimum absolute atomic E-state index is 0.336. The molecule has 5 nitrogen and oxygen atoms in total. The van der Waals surface area contributed by atoms with Crippen molar-refractivity contribution >= 4 is 45.8 Å². The molecule has 0 fully saturated rings. The van der Waals surface area contributed by atoms with Crippen molar-refractivity contribution in [1.82, 2.24) is 15.4 Å². The first-order valence-electron chi connectivity index (χ1n) is 9.97. The Hall–Kier alpha value is -3.77. The molecule has 4 rings (SSSR count). The summed E-state index contributed by atoms with van der Waals surface area (Å²) in [5, 5.41) is 20.0. The molecular formula is C25H19ClFN3O2. The van der Waals surface area contributed by atoms with E-state index in [0.29, 0.717) is 11.4 Å². The standard InChI is InChI=1S/C25H19ClFN3O2/c1-2-19(20-10-9-18(27)14-21(20)26)25(17-8-11-22-23(13-17)29-30-28-22)16-6-3-15(4-7-16)5-12-24(31)32/h3-14H,2H2,1H3,(H,31,32)(H,28,29,30). The Balaban J connectivity index is 1.93. The predicted octanol–water partition coefficient (Wildman–Crippen LogP) is 6.22. The molecule has 4 aromatic rings. The van der Waals surface area contributed by atoms with E-state index in [0.717, 1.165) is 50.5 Å². The molecule has 3 aromatic carbocycles. The zero-order valence-electron chi connectivity index (χ0n) is 17.1. The van der Waals surface area contributed by atoms with E-state index < -0.39 is 11.8 Å². The number of carboxylic acid groups (broad SMARTS) is 1. The number of rotatable bonds is 6. The molecule has 0 unspecified atom stereocenters. The number of nitrogens with zero attached hydrogens (tertiary/aromatic N) is 2. The van der Waals surface area contributed by atoms with Crippen LogP contribution < -0.4 is 0 Å². The number of allylic oxidation sites excluding steroid dienone is 1. The molecule has 1 heterocycles. The van der Waals surface area contributed by atoms with Crippen LogP contribution in [0, 0.1) is 5.82 Å². The van der Waals surface area contributed by atoms with Crippen molar-refractivity contribution in [3.8, 4) is 0 Å². The van der Waals surface area contributed by atoms with Gasteiger partial charge in [-0.1, -0.05) is 60.1 Å². The number of aliphatic carboxylic acids is 1. The summed E-state index contributed by atoms with van der Waals surface area (Å²) in [6.45, 7) is 2.02. The quantitative estimate of drug-likeness (QED) is 0.272. The molecule has 7 heteroatoms. The van der Waals surface area contributed by atoms with Crippen molar-refractivity contribution in [2.75, 3.05) is 0 Å². The Morgan fingerprint density at radius 1 is 1.09 bits per heavy atom. The van der Waals surface area contributed by atoms with Crippen molar-refractivity contribution < 1.29 is 14.3 Å². The second-order valence-electron chi connectivity index (χ2n) is 7.17. The summed E-state index contributed by atoms with van der Waals surface area (Å²) in [4.78, 5) is 10.8. The van der Waals surface area contributed by atoms with Crippen molar-refractivity contribution in [3.05, 3.63) is 99.8 Å². The molecule has 160 valence electrons. The number of fused-ring (bicyclic) bond motifs is 1. The summed E-state index contributed by atoms with van der Waals surface area (Å²) in [6, 6.07) is 17.8. The number of halogens is 2. The lowest BCUT2D eigenvalue weighted by Gasteiger charge is -2.17. The van der Waals surface area contributed by atoms with E-state index >= 15 is 0 Å². The van der Waals surface area contributed by atoms with Gasteiger partial charge in [0.1, 0.15) is 11.3 Å². The molecule has 2 N–H and O–H groups in total. The molecule has 0 bridgehead atoms. The Labute approximate surface area is 188 Å². The first-order valence-corrected chi connectivity index (χ1v) is 10.3. The van der Waals surface area contributed by atoms with Gasteiger partial charge < -0.3 is 5.11 Å². The van der Waals surface area contributed by atoms with Crippen LogP contribution in [0.2, 0.25) is 5.02 Å². The van der Waals surface area contributed by atoms with Crippen LogP contribution in [0.3, 0.4) is 0 Å². The lowest BCUT2D eigenvalue weighted by Crippen LogP contribution is -1.97. The van der Waals surface area contributed by atoms with E-state index in [-0.39, 0.29) is 0 Å². The number of benzene rings is 3. The summed E-state index contributed by atoms with van der Waals surface area (Å²) in [7, 11) is 0. The van der Waals surface area contributed by atoms with Crippen LogP contribution in [0.5, 0.6) is 0 Å². The SMILES string of the molecule is CCC(=C(c1ccc(C=CC(=O)O)cc1)c1ccc2[nH]nnc2c1)c1ccc(F)cc1Cl. The van der Waals surface area contributed by atoms with Crippen LogP contribution in [-0.4, -0.2) is 26.5 Å². The Kier molecular flexibility index (Phi) is 6.14. The summed E-state index contributed by atoms with van der Waals surface area (Å²) in [5.74, 6) is -1.40. The molecular weight excluding hydrogens is 429 g/mol. The molecule has 0 aliphatic carbocycles. The van der Waals surface area contributed by atoms with Gasteiger partial charge in [0.15, 0.2) is 0 Å². The Bertz CT molecular complexity index is 1360. The van der Waals surface area contributed by atoms with Crippen molar-refractivity contribution in [3.63, 3.8) is 0 Å². The first kappa shape index (κ1) is 21.5. The van der Waals surface area contributed by atoms with Gasteiger partial charge in [-0.3, -0.25) is 5.10 Å². The first-order chi connectivity index (χ1) is 15.5. The van der Waals surface area contributed by atoms with Crippen molar-refractivity contribution in [1.29, 1.82) is 0 Å². The minimum Gasteiger partial charge on any atom is -0.478 e. The summed E-state index contributed by atoms with van der Waals surface area (Å²) in [5.41, 5.74) is 6.77. The zero-order chi connectivity index (χ0) is 22.7. The number of hydrogen-bond acceptors (Lipinski definition) is 3. The Morgan fingerprint density at radius 3 is 2.53 bits per heavy atom. The number of H-pyrrole nitrogens is 1. The minimum atomic E-state index is -1.00. The van der Waals surface area contributed by atoms with Crippen molar-refractivity contribution in [2.24, 2.45) is 0 Å². The van der Waals surface area contributed by atoms with Gasteiger partial charge in [0, 0.05) is 6.08 Å². The number of hydrogen-bond donors (Lipinski definition) is 2. The highest BCUT2D eigenvalue weighted by atomic mass is 35.5. The molecule has 0 radical (unpaired) electrons. The number of aromatic nitrogens is 3. The predicted molar refractivity (Wildman–Crippen MR) is 125 cm³/mol. The van der Waals surface area contributed by atoms with Crippen LogP contribution in [0.25, 0.3) is 28.3 Å². The molecule has 0 atom stereocenters. The summed E-state index contributed by atoms with van der Waals surface area (Å²) in [6.07, 6.45) is 3.28. The monoisotopic (exact) mass is 447 g/mol. The fraction of sp³-hybridized carbons (Fsp3) is 0.0800. The second kappa shape index (κ2) is 9.16. The summed E-state index contributed by atoms with van der Waals surface area (Å²) >= 11 is 6.43. The molecule has 0 amide bonds. The lowest BCUT2D eigenvalue weighted by atomic mass is 9.87. The van der Waals surface area contributed by atoms with E-state index in [2.05, 4.69) is 15.4 Å². The number of nitrogens with one attached hydrogen (secondary N) is 1. The van der Waals surface area contributed by atoms with Crippen LogP contribution in [0.4, 0.5) is 4.39 Å². The van der Waals surface area contributed by atoms with Gasteiger partial charge in [0.25, 0.3) is 0 Å².